The van der Waals surface area contributed by atoms with Gasteiger partial charge in [0, 0.05) is 4.75 Å². The molecule has 0 rings (SSSR count). The summed E-state index contributed by atoms with van der Waals surface area (Å²) in [7, 11) is 0. The summed E-state index contributed by atoms with van der Waals surface area (Å²) in [6.45, 7) is 14.3. The van der Waals surface area contributed by atoms with Crippen molar-refractivity contribution in [1.29, 1.82) is 0 Å². The fourth-order valence-corrected chi connectivity index (χ4v) is 6.04. The van der Waals surface area contributed by atoms with E-state index in [4.69, 9.17) is 17.3 Å². The lowest BCUT2D eigenvalue weighted by Crippen LogP contribution is -2.30. The van der Waals surface area contributed by atoms with Gasteiger partial charge >= 0.3 is 5.97 Å². The Balaban J connectivity index is 4.54. The van der Waals surface area contributed by atoms with Gasteiger partial charge in [0.05, 0.1) is 0 Å². The molecule has 0 aliphatic heterocycles. The molecular weight excluding hydrogens is 284 g/mol. The third-order valence-electron chi connectivity index (χ3n) is 2.17. The van der Waals surface area contributed by atoms with Crippen LogP contribution in [0.2, 0.25) is 0 Å². The van der Waals surface area contributed by atoms with E-state index in [9.17, 15) is 4.79 Å². The lowest BCUT2D eigenvalue weighted by atomic mass is 9.86. The van der Waals surface area contributed by atoms with Crippen LogP contribution in [0.4, 0.5) is 0 Å². The molecule has 1 N–H and O–H groups in total. The van der Waals surface area contributed by atoms with Crippen LogP contribution >= 0.6 is 35.7 Å². The summed E-state index contributed by atoms with van der Waals surface area (Å²) in [5.74, 6) is -0.830. The van der Waals surface area contributed by atoms with Crippen LogP contribution < -0.4 is 0 Å². The average molecular weight is 309 g/mol. The highest BCUT2D eigenvalue weighted by Gasteiger charge is 2.33. The van der Waals surface area contributed by atoms with Crippen molar-refractivity contribution >= 4 is 45.2 Å². The molecule has 2 nitrogen and oxygen atoms in total. The van der Waals surface area contributed by atoms with Gasteiger partial charge < -0.3 is 5.11 Å². The van der Waals surface area contributed by atoms with E-state index < -0.39 is 10.7 Å². The summed E-state index contributed by atoms with van der Waals surface area (Å²) in [5, 5.41) is 9.09. The lowest BCUT2D eigenvalue weighted by Gasteiger charge is -2.32. The van der Waals surface area contributed by atoms with Crippen molar-refractivity contribution in [1.82, 2.24) is 0 Å². The molecule has 106 valence electrons. The molecule has 0 aliphatic carbocycles. The first-order valence-corrected chi connectivity index (χ1v) is 7.95. The normalized spacial score (nSPS) is 13.5. The Labute approximate surface area is 125 Å². The van der Waals surface area contributed by atoms with E-state index in [2.05, 4.69) is 34.6 Å². The third kappa shape index (κ3) is 7.64. The van der Waals surface area contributed by atoms with Crippen LogP contribution in [0, 0.1) is 5.41 Å². The smallest absolute Gasteiger partial charge is 0.319 e. The minimum Gasteiger partial charge on any atom is -0.480 e. The number of thioether (sulfide) groups is 2. The first-order valence-electron chi connectivity index (χ1n) is 5.91. The number of carboxylic acids is 1. The van der Waals surface area contributed by atoms with Crippen LogP contribution in [0.3, 0.4) is 0 Å². The van der Waals surface area contributed by atoms with Gasteiger partial charge in [0.2, 0.25) is 0 Å². The van der Waals surface area contributed by atoms with Crippen molar-refractivity contribution < 1.29 is 9.90 Å². The summed E-state index contributed by atoms with van der Waals surface area (Å²) in [6.07, 6.45) is 1.03. The Bertz CT molecular complexity index is 328. The largest absolute Gasteiger partial charge is 0.480 e. The van der Waals surface area contributed by atoms with Gasteiger partial charge in [-0.3, -0.25) is 4.79 Å². The van der Waals surface area contributed by atoms with E-state index in [1.807, 2.05) is 0 Å². The van der Waals surface area contributed by atoms with Gasteiger partial charge in [-0.2, -0.15) is 0 Å². The first kappa shape index (κ1) is 18.3. The Morgan fingerprint density at radius 1 is 1.06 bits per heavy atom. The molecule has 0 radical (unpaired) electrons. The summed E-state index contributed by atoms with van der Waals surface area (Å²) in [4.78, 5) is 11.1. The molecule has 0 aromatic heterocycles. The number of hydrogen-bond acceptors (Lipinski definition) is 4. The maximum atomic E-state index is 11.1. The van der Waals surface area contributed by atoms with Crippen LogP contribution in [0.25, 0.3) is 0 Å². The van der Waals surface area contributed by atoms with Crippen molar-refractivity contribution in [3.63, 3.8) is 0 Å². The molecule has 18 heavy (non-hydrogen) atoms. The number of carbonyl (C=O) groups is 1. The highest BCUT2D eigenvalue weighted by molar-refractivity contribution is 8.48. The van der Waals surface area contributed by atoms with E-state index in [1.165, 1.54) is 11.8 Å². The zero-order valence-electron chi connectivity index (χ0n) is 12.3. The molecule has 0 aliphatic rings. The summed E-state index contributed by atoms with van der Waals surface area (Å²) < 4.78 is -0.129. The number of hydrogen-bond donors (Lipinski definition) is 1. The number of aliphatic carboxylic acids is 1. The van der Waals surface area contributed by atoms with Crippen LogP contribution in [-0.2, 0) is 4.79 Å². The Kier molecular flexibility index (Phi) is 6.23. The second kappa shape index (κ2) is 6.14. The minimum absolute atomic E-state index is 0.0247. The van der Waals surface area contributed by atoms with Gasteiger partial charge in [-0.05, 0) is 25.7 Å². The van der Waals surface area contributed by atoms with E-state index in [-0.39, 0.29) is 10.2 Å². The van der Waals surface area contributed by atoms with Crippen LogP contribution in [0.15, 0.2) is 0 Å². The molecule has 0 saturated carbocycles. The number of thiocarbonyl (C=S) groups is 1. The van der Waals surface area contributed by atoms with Gasteiger partial charge in [0.15, 0.2) is 0 Å². The van der Waals surface area contributed by atoms with Gasteiger partial charge in [-0.15, -0.1) is 11.8 Å². The molecule has 0 fully saturated rings. The van der Waals surface area contributed by atoms with Crippen molar-refractivity contribution in [3.05, 3.63) is 0 Å². The highest BCUT2D eigenvalue weighted by atomic mass is 32.2. The first-order chi connectivity index (χ1) is 7.75. The topological polar surface area (TPSA) is 37.3 Å². The summed E-state index contributed by atoms with van der Waals surface area (Å²) in [6, 6.07) is 0. The molecule has 5 heteroatoms. The summed E-state index contributed by atoms with van der Waals surface area (Å²) >= 11 is 8.18. The maximum absolute atomic E-state index is 11.1. The van der Waals surface area contributed by atoms with E-state index in [0.717, 1.165) is 6.42 Å². The second-order valence-electron chi connectivity index (χ2n) is 6.77. The van der Waals surface area contributed by atoms with E-state index >= 15 is 0 Å². The van der Waals surface area contributed by atoms with E-state index in [1.54, 1.807) is 25.6 Å². The zero-order chi connectivity index (χ0) is 14.8. The maximum Gasteiger partial charge on any atom is 0.319 e. The Morgan fingerprint density at radius 2 is 1.50 bits per heavy atom. The molecule has 0 amide bonds. The highest BCUT2D eigenvalue weighted by Crippen LogP contribution is 2.42. The SMILES string of the molecule is CC(C)(C)CC(C)(C)SC(=S)SC(C)(C)C(=O)O. The van der Waals surface area contributed by atoms with Crippen molar-refractivity contribution in [2.24, 2.45) is 5.41 Å². The molecule has 0 spiro atoms. The zero-order valence-corrected chi connectivity index (χ0v) is 14.7. The fourth-order valence-electron chi connectivity index (χ4n) is 1.81. The van der Waals surface area contributed by atoms with Gasteiger partial charge in [0.25, 0.3) is 0 Å². The molecule has 0 heterocycles. The fraction of sp³-hybridized carbons (Fsp3) is 0.846. The third-order valence-corrected chi connectivity index (χ3v) is 4.88. The average Bonchev–Trinajstić information content (AvgIpc) is 1.94. The van der Waals surface area contributed by atoms with Crippen LogP contribution in [-0.4, -0.2) is 24.1 Å². The molecule has 0 saturated heterocycles. The van der Waals surface area contributed by atoms with Crippen molar-refractivity contribution in [2.75, 3.05) is 0 Å². The number of rotatable bonds is 4. The predicted octanol–water partition coefficient (Wildman–Crippen LogP) is 4.82. The second-order valence-corrected chi connectivity index (χ2v) is 11.3. The van der Waals surface area contributed by atoms with Gasteiger partial charge in [0.1, 0.15) is 8.28 Å². The number of carboxylic acid groups (broad SMARTS) is 1. The Morgan fingerprint density at radius 3 is 1.83 bits per heavy atom. The Hall–Kier alpha value is 0.260. The van der Waals surface area contributed by atoms with Crippen LogP contribution in [0.5, 0.6) is 0 Å². The predicted molar refractivity (Wildman–Crippen MR) is 87.6 cm³/mol. The van der Waals surface area contributed by atoms with Gasteiger partial charge in [-0.1, -0.05) is 58.6 Å². The molecular formula is C13H24O2S3. The van der Waals surface area contributed by atoms with Crippen molar-refractivity contribution in [2.45, 2.75) is 64.4 Å². The van der Waals surface area contributed by atoms with Crippen molar-refractivity contribution in [3.8, 4) is 0 Å². The monoisotopic (exact) mass is 308 g/mol. The summed E-state index contributed by atoms with van der Waals surface area (Å²) in [5.41, 5.74) is 0.235. The molecule has 0 aromatic rings. The minimum atomic E-state index is -0.859. The quantitative estimate of drug-likeness (QED) is 0.754. The van der Waals surface area contributed by atoms with Gasteiger partial charge in [-0.25, -0.2) is 0 Å². The molecule has 0 bridgehead atoms. The molecule has 0 atom stereocenters. The molecule has 0 aromatic carbocycles. The van der Waals surface area contributed by atoms with E-state index in [0.29, 0.717) is 3.53 Å². The standard InChI is InChI=1S/C13H24O2S3/c1-11(2,3)8-12(4,5)17-10(16)18-13(6,7)9(14)15/h8H2,1-7H3,(H,14,15). The molecule has 0 unspecified atom stereocenters. The van der Waals surface area contributed by atoms with Crippen LogP contribution in [0.1, 0.15) is 54.9 Å². The lowest BCUT2D eigenvalue weighted by molar-refractivity contribution is -0.138.